The summed E-state index contributed by atoms with van der Waals surface area (Å²) >= 11 is 0. The topological polar surface area (TPSA) is 110 Å². The number of aryl methyl sites for hydroxylation is 2. The smallest absolute Gasteiger partial charge is 0.274 e. The highest BCUT2D eigenvalue weighted by Crippen LogP contribution is 2.28. The molecule has 0 radical (unpaired) electrons. The largest absolute Gasteiger partial charge is 0.345 e. The molecule has 0 fully saturated rings. The predicted molar refractivity (Wildman–Crippen MR) is 129 cm³/mol. The summed E-state index contributed by atoms with van der Waals surface area (Å²) in [6, 6.07) is 14.9. The van der Waals surface area contributed by atoms with Crippen LogP contribution in [0.15, 0.2) is 61.1 Å². The number of hydrogen-bond donors (Lipinski definition) is 3. The first-order valence-electron chi connectivity index (χ1n) is 10.8. The van der Waals surface area contributed by atoms with E-state index in [1.165, 1.54) is 13.4 Å². The number of nitrogens with zero attached hydrogens (tertiary/aromatic N) is 3. The summed E-state index contributed by atoms with van der Waals surface area (Å²) in [6.07, 6.45) is 3.11. The Kier molecular flexibility index (Phi) is 6.55. The summed E-state index contributed by atoms with van der Waals surface area (Å²) in [5.41, 5.74) is 7.31. The van der Waals surface area contributed by atoms with Crippen molar-refractivity contribution in [2.75, 3.05) is 12.4 Å². The monoisotopic (exact) mass is 458 g/mol. The van der Waals surface area contributed by atoms with E-state index >= 15 is 0 Å². The average molecular weight is 459 g/mol. The van der Waals surface area contributed by atoms with Gasteiger partial charge in [0.1, 0.15) is 11.8 Å². The third-order valence-corrected chi connectivity index (χ3v) is 5.67. The minimum absolute atomic E-state index is 0.150. The highest BCUT2D eigenvalue weighted by atomic mass is 16.6. The lowest BCUT2D eigenvalue weighted by Crippen LogP contribution is -2.26. The first kappa shape index (κ1) is 22.9. The lowest BCUT2D eigenvalue weighted by atomic mass is 10.1. The number of amides is 2. The maximum atomic E-state index is 13.1. The summed E-state index contributed by atoms with van der Waals surface area (Å²) < 4.78 is 1.63. The molecule has 0 bridgehead atoms. The van der Waals surface area contributed by atoms with E-state index in [0.29, 0.717) is 28.1 Å². The minimum Gasteiger partial charge on any atom is -0.345 e. The second-order valence-corrected chi connectivity index (χ2v) is 7.97. The normalized spacial score (nSPS) is 11.8. The fraction of sp³-hybridized carbons (Fsp3) is 0.200. The number of hydrogen-bond acceptors (Lipinski definition) is 6. The molecule has 4 rings (SSSR count). The van der Waals surface area contributed by atoms with Gasteiger partial charge in [-0.15, -0.1) is 0 Å². The first-order valence-corrected chi connectivity index (χ1v) is 10.8. The standard InChI is InChI=1S/C25H26N6O3/c1-15-10-11-19(24(32)30-34-4)12-21(15)29-23-22-16(2)20(13-31(22)27-14-26-23)25(33)28-17(3)18-8-6-5-7-9-18/h5-14,17H,1-4H3,(H,28,33)(H,30,32)(H,26,27,29). The number of anilines is 2. The molecule has 9 nitrogen and oxygen atoms in total. The molecule has 0 aliphatic heterocycles. The lowest BCUT2D eigenvalue weighted by molar-refractivity contribution is 0.0537. The van der Waals surface area contributed by atoms with E-state index in [2.05, 4.69) is 26.2 Å². The van der Waals surface area contributed by atoms with Crippen molar-refractivity contribution in [3.05, 3.63) is 88.9 Å². The molecule has 0 aliphatic rings. The van der Waals surface area contributed by atoms with Crippen LogP contribution >= 0.6 is 0 Å². The Morgan fingerprint density at radius 3 is 2.56 bits per heavy atom. The first-order chi connectivity index (χ1) is 16.4. The van der Waals surface area contributed by atoms with Gasteiger partial charge >= 0.3 is 0 Å². The molecule has 0 spiro atoms. The van der Waals surface area contributed by atoms with E-state index in [0.717, 1.165) is 16.7 Å². The molecule has 9 heteroatoms. The fourth-order valence-electron chi connectivity index (χ4n) is 3.76. The highest BCUT2D eigenvalue weighted by Gasteiger charge is 2.20. The number of carbonyl (C=O) groups is 2. The molecule has 0 saturated heterocycles. The van der Waals surface area contributed by atoms with Crippen LogP contribution in [0.25, 0.3) is 5.52 Å². The molecule has 174 valence electrons. The molecular formula is C25H26N6O3. The molecule has 2 aromatic heterocycles. The van der Waals surface area contributed by atoms with Crippen LogP contribution in [0.1, 0.15) is 50.4 Å². The molecule has 34 heavy (non-hydrogen) atoms. The number of fused-ring (bicyclic) bond motifs is 1. The molecule has 3 N–H and O–H groups in total. The zero-order valence-electron chi connectivity index (χ0n) is 19.4. The van der Waals surface area contributed by atoms with Crippen LogP contribution in [-0.2, 0) is 4.84 Å². The second kappa shape index (κ2) is 9.72. The Morgan fingerprint density at radius 1 is 1.06 bits per heavy atom. The van der Waals surface area contributed by atoms with Crippen molar-refractivity contribution < 1.29 is 14.4 Å². The number of nitrogens with one attached hydrogen (secondary N) is 3. The van der Waals surface area contributed by atoms with Crippen molar-refractivity contribution in [1.82, 2.24) is 25.4 Å². The van der Waals surface area contributed by atoms with E-state index < -0.39 is 0 Å². The van der Waals surface area contributed by atoms with Gasteiger partial charge in [0.15, 0.2) is 5.82 Å². The number of aromatic nitrogens is 3. The molecule has 0 saturated carbocycles. The molecule has 2 aromatic carbocycles. The Hall–Kier alpha value is -4.24. The van der Waals surface area contributed by atoms with Gasteiger partial charge in [-0.3, -0.25) is 14.4 Å². The minimum atomic E-state index is -0.358. The van der Waals surface area contributed by atoms with Crippen molar-refractivity contribution in [2.24, 2.45) is 0 Å². The van der Waals surface area contributed by atoms with Gasteiger partial charge in [0.05, 0.1) is 18.7 Å². The third kappa shape index (κ3) is 4.60. The van der Waals surface area contributed by atoms with E-state index in [4.69, 9.17) is 4.84 Å². The summed E-state index contributed by atoms with van der Waals surface area (Å²) in [4.78, 5) is 34.3. The van der Waals surface area contributed by atoms with Crippen LogP contribution in [-0.4, -0.2) is 33.5 Å². The maximum Gasteiger partial charge on any atom is 0.274 e. The van der Waals surface area contributed by atoms with E-state index in [1.807, 2.05) is 57.2 Å². The molecule has 1 atom stereocenters. The van der Waals surface area contributed by atoms with Gasteiger partial charge in [0, 0.05) is 17.4 Å². The van der Waals surface area contributed by atoms with Crippen LogP contribution < -0.4 is 16.1 Å². The summed E-state index contributed by atoms with van der Waals surface area (Å²) in [5.74, 6) is -0.0291. The zero-order valence-corrected chi connectivity index (χ0v) is 19.4. The second-order valence-electron chi connectivity index (χ2n) is 7.97. The third-order valence-electron chi connectivity index (χ3n) is 5.67. The Labute approximate surface area is 197 Å². The number of hydroxylamine groups is 1. The van der Waals surface area contributed by atoms with Crippen molar-refractivity contribution in [3.63, 3.8) is 0 Å². The Balaban J connectivity index is 1.64. The van der Waals surface area contributed by atoms with Crippen LogP contribution in [0.5, 0.6) is 0 Å². The molecule has 1 unspecified atom stereocenters. The van der Waals surface area contributed by atoms with Gasteiger partial charge < -0.3 is 10.6 Å². The van der Waals surface area contributed by atoms with Gasteiger partial charge in [-0.1, -0.05) is 36.4 Å². The summed E-state index contributed by atoms with van der Waals surface area (Å²) in [7, 11) is 1.38. The molecular weight excluding hydrogens is 432 g/mol. The summed E-state index contributed by atoms with van der Waals surface area (Å²) in [6.45, 7) is 5.73. The Bertz CT molecular complexity index is 1350. The average Bonchev–Trinajstić information content (AvgIpc) is 3.18. The quantitative estimate of drug-likeness (QED) is 0.363. The van der Waals surface area contributed by atoms with Gasteiger partial charge in [0.25, 0.3) is 11.8 Å². The van der Waals surface area contributed by atoms with Gasteiger partial charge in [-0.05, 0) is 49.6 Å². The van der Waals surface area contributed by atoms with Crippen LogP contribution in [0.3, 0.4) is 0 Å². The molecule has 2 amide bonds. The van der Waals surface area contributed by atoms with Gasteiger partial charge in [-0.25, -0.2) is 15.0 Å². The molecule has 0 aliphatic carbocycles. The van der Waals surface area contributed by atoms with Crippen molar-refractivity contribution in [2.45, 2.75) is 26.8 Å². The van der Waals surface area contributed by atoms with E-state index in [-0.39, 0.29) is 17.9 Å². The van der Waals surface area contributed by atoms with Gasteiger partial charge in [-0.2, -0.15) is 5.10 Å². The van der Waals surface area contributed by atoms with E-state index in [1.54, 1.807) is 22.8 Å². The molecule has 4 aromatic rings. The van der Waals surface area contributed by atoms with Crippen molar-refractivity contribution in [3.8, 4) is 0 Å². The van der Waals surface area contributed by atoms with Crippen LogP contribution in [0.4, 0.5) is 11.5 Å². The van der Waals surface area contributed by atoms with Crippen LogP contribution in [0.2, 0.25) is 0 Å². The van der Waals surface area contributed by atoms with Crippen molar-refractivity contribution in [1.29, 1.82) is 0 Å². The maximum absolute atomic E-state index is 13.1. The fourth-order valence-corrected chi connectivity index (χ4v) is 3.76. The van der Waals surface area contributed by atoms with Crippen LogP contribution in [0, 0.1) is 13.8 Å². The number of rotatable bonds is 7. The summed E-state index contributed by atoms with van der Waals surface area (Å²) in [5, 5.41) is 10.6. The lowest BCUT2D eigenvalue weighted by Gasteiger charge is -2.14. The van der Waals surface area contributed by atoms with Crippen molar-refractivity contribution >= 4 is 28.8 Å². The number of benzene rings is 2. The Morgan fingerprint density at radius 2 is 1.82 bits per heavy atom. The predicted octanol–water partition coefficient (Wildman–Crippen LogP) is 3.87. The van der Waals surface area contributed by atoms with E-state index in [9.17, 15) is 9.59 Å². The number of carbonyl (C=O) groups excluding carboxylic acids is 2. The highest BCUT2D eigenvalue weighted by molar-refractivity contribution is 5.99. The zero-order chi connectivity index (χ0) is 24.2. The SMILES string of the molecule is CONC(=O)c1ccc(C)c(Nc2ncnn3cc(C(=O)NC(C)c4ccccc4)c(C)c23)c1. The van der Waals surface area contributed by atoms with Gasteiger partial charge in [0.2, 0.25) is 0 Å². The molecule has 2 heterocycles.